The molecule has 0 amide bonds. The van der Waals surface area contributed by atoms with Crippen LogP contribution in [0.1, 0.15) is 33.1 Å². The van der Waals surface area contributed by atoms with Gasteiger partial charge in [0, 0.05) is 5.92 Å². The summed E-state index contributed by atoms with van der Waals surface area (Å²) in [5, 5.41) is 71.6. The van der Waals surface area contributed by atoms with Crippen LogP contribution in [0.5, 0.6) is 0 Å². The molecular weight excluding hydrogens is 508 g/mol. The Kier molecular flexibility index (Phi) is 9.27. The SMILES string of the molecule is C/C1=C\C[C@H](O)/C(C)=C/[C@H]2OC(=O)C[C@@H]2[C@@H](O[C@@H]2O[C@H](CO[C@@H]3OC[C@@](O)(CO)[C@H]3O)[C@@H](O)[C@H](O)[C@H]2O)C1. The Hall–Kier alpha value is -1.49. The predicted octanol–water partition coefficient (Wildman–Crippen LogP) is -2.38. The fourth-order valence-corrected chi connectivity index (χ4v) is 5.13. The average Bonchev–Trinajstić information content (AvgIpc) is 3.39. The second-order valence-corrected chi connectivity index (χ2v) is 10.6. The number of aliphatic hydroxyl groups is 7. The van der Waals surface area contributed by atoms with Crippen molar-refractivity contribution in [3.63, 3.8) is 0 Å². The van der Waals surface area contributed by atoms with Crippen LogP contribution >= 0.6 is 0 Å². The molecule has 13 heteroatoms. The lowest BCUT2D eigenvalue weighted by molar-refractivity contribution is -0.322. The molecule has 0 aromatic carbocycles. The molecule has 216 valence electrons. The van der Waals surface area contributed by atoms with Gasteiger partial charge in [0.25, 0.3) is 0 Å². The first-order chi connectivity index (χ1) is 17.9. The molecule has 0 aromatic heterocycles. The van der Waals surface area contributed by atoms with Crippen LogP contribution < -0.4 is 0 Å². The number of carbonyl (C=O) groups excluding carboxylic acids is 1. The maximum absolute atomic E-state index is 12.2. The van der Waals surface area contributed by atoms with Gasteiger partial charge < -0.3 is 59.4 Å². The van der Waals surface area contributed by atoms with Crippen molar-refractivity contribution in [3.05, 3.63) is 23.3 Å². The Bertz CT molecular complexity index is 908. The van der Waals surface area contributed by atoms with Crippen LogP contribution in [0.25, 0.3) is 0 Å². The molecule has 0 spiro atoms. The minimum absolute atomic E-state index is 0.0354. The van der Waals surface area contributed by atoms with E-state index in [0.29, 0.717) is 18.4 Å². The number of rotatable bonds is 6. The van der Waals surface area contributed by atoms with Crippen molar-refractivity contribution in [2.75, 3.05) is 19.8 Å². The molecule has 3 aliphatic heterocycles. The lowest BCUT2D eigenvalue weighted by Crippen LogP contribution is -2.60. The van der Waals surface area contributed by atoms with E-state index in [9.17, 15) is 40.5 Å². The van der Waals surface area contributed by atoms with Crippen molar-refractivity contribution in [1.29, 1.82) is 0 Å². The number of aliphatic hydroxyl groups excluding tert-OH is 6. The molecule has 0 unspecified atom stereocenters. The first kappa shape index (κ1) is 29.5. The lowest BCUT2D eigenvalue weighted by Gasteiger charge is -2.42. The van der Waals surface area contributed by atoms with Gasteiger partial charge in [-0.15, -0.1) is 0 Å². The van der Waals surface area contributed by atoms with Gasteiger partial charge in [-0.05, 0) is 38.3 Å². The highest BCUT2D eigenvalue weighted by Gasteiger charge is 2.51. The van der Waals surface area contributed by atoms with Crippen LogP contribution in [0, 0.1) is 5.92 Å². The first-order valence-corrected chi connectivity index (χ1v) is 12.7. The van der Waals surface area contributed by atoms with E-state index in [-0.39, 0.29) is 13.0 Å². The van der Waals surface area contributed by atoms with Crippen molar-refractivity contribution in [3.8, 4) is 0 Å². The summed E-state index contributed by atoms with van der Waals surface area (Å²) in [5.74, 6) is -0.906. The molecule has 38 heavy (non-hydrogen) atoms. The summed E-state index contributed by atoms with van der Waals surface area (Å²) in [6.07, 6.45) is -8.23. The molecule has 1 aliphatic carbocycles. The Balaban J connectivity index is 1.48. The van der Waals surface area contributed by atoms with Crippen molar-refractivity contribution in [2.45, 2.75) is 100 Å². The van der Waals surface area contributed by atoms with E-state index >= 15 is 0 Å². The molecule has 7 N–H and O–H groups in total. The average molecular weight is 547 g/mol. The summed E-state index contributed by atoms with van der Waals surface area (Å²) in [5.41, 5.74) is -0.385. The second kappa shape index (κ2) is 11.9. The highest BCUT2D eigenvalue weighted by molar-refractivity contribution is 5.72. The largest absolute Gasteiger partial charge is 0.458 e. The zero-order valence-corrected chi connectivity index (χ0v) is 21.3. The molecule has 13 nitrogen and oxygen atoms in total. The number of carbonyl (C=O) groups is 1. The molecule has 0 radical (unpaired) electrons. The fraction of sp³-hybridized carbons (Fsp3) is 0.800. The Labute approximate surface area is 219 Å². The third-order valence-electron chi connectivity index (χ3n) is 7.72. The summed E-state index contributed by atoms with van der Waals surface area (Å²) in [6, 6.07) is 0. The zero-order valence-electron chi connectivity index (χ0n) is 21.3. The molecular formula is C25H38O13. The van der Waals surface area contributed by atoms with E-state index in [0.717, 1.165) is 5.57 Å². The topological polar surface area (TPSA) is 205 Å². The third-order valence-corrected chi connectivity index (χ3v) is 7.72. The Morgan fingerprint density at radius 3 is 2.47 bits per heavy atom. The molecule has 4 aliphatic rings. The normalized spacial score (nSPS) is 49.0. The number of ether oxygens (including phenoxy) is 5. The Morgan fingerprint density at radius 1 is 1.05 bits per heavy atom. The van der Waals surface area contributed by atoms with Crippen LogP contribution in [0.4, 0.5) is 0 Å². The molecule has 3 fully saturated rings. The van der Waals surface area contributed by atoms with Gasteiger partial charge in [0.15, 0.2) is 12.6 Å². The van der Waals surface area contributed by atoms with Gasteiger partial charge in [-0.25, -0.2) is 0 Å². The number of fused-ring (bicyclic) bond motifs is 1. The molecule has 3 heterocycles. The summed E-state index contributed by atoms with van der Waals surface area (Å²) in [4.78, 5) is 12.2. The summed E-state index contributed by atoms with van der Waals surface area (Å²) >= 11 is 0. The van der Waals surface area contributed by atoms with Crippen LogP contribution in [0.2, 0.25) is 0 Å². The van der Waals surface area contributed by atoms with Crippen molar-refractivity contribution >= 4 is 5.97 Å². The van der Waals surface area contributed by atoms with E-state index in [1.54, 1.807) is 13.0 Å². The predicted molar refractivity (Wildman–Crippen MR) is 126 cm³/mol. The van der Waals surface area contributed by atoms with Crippen molar-refractivity contribution in [1.82, 2.24) is 0 Å². The zero-order chi connectivity index (χ0) is 27.8. The number of esters is 1. The lowest BCUT2D eigenvalue weighted by atomic mass is 9.87. The third kappa shape index (κ3) is 6.13. The minimum atomic E-state index is -1.90. The van der Waals surface area contributed by atoms with Gasteiger partial charge in [-0.2, -0.15) is 0 Å². The summed E-state index contributed by atoms with van der Waals surface area (Å²) in [7, 11) is 0. The summed E-state index contributed by atoms with van der Waals surface area (Å²) < 4.78 is 28.0. The number of hydrogen-bond donors (Lipinski definition) is 7. The summed E-state index contributed by atoms with van der Waals surface area (Å²) in [6.45, 7) is 2.06. The fourth-order valence-electron chi connectivity index (χ4n) is 5.13. The van der Waals surface area contributed by atoms with Gasteiger partial charge in [-0.1, -0.05) is 11.6 Å². The van der Waals surface area contributed by atoms with E-state index < -0.39 is 92.1 Å². The van der Waals surface area contributed by atoms with Gasteiger partial charge in [0.1, 0.15) is 42.2 Å². The minimum Gasteiger partial charge on any atom is -0.458 e. The van der Waals surface area contributed by atoms with Crippen molar-refractivity contribution < 1.29 is 64.2 Å². The van der Waals surface area contributed by atoms with Gasteiger partial charge >= 0.3 is 5.97 Å². The molecule has 4 rings (SSSR count). The van der Waals surface area contributed by atoms with E-state index in [1.165, 1.54) is 0 Å². The second-order valence-electron chi connectivity index (χ2n) is 10.6. The number of hydrogen-bond acceptors (Lipinski definition) is 13. The molecule has 0 saturated carbocycles. The van der Waals surface area contributed by atoms with Crippen LogP contribution in [0.15, 0.2) is 23.3 Å². The maximum Gasteiger partial charge on any atom is 0.306 e. The monoisotopic (exact) mass is 546 g/mol. The van der Waals surface area contributed by atoms with Gasteiger partial charge in [0.05, 0.1) is 38.4 Å². The quantitative estimate of drug-likeness (QED) is 0.137. The van der Waals surface area contributed by atoms with E-state index in [1.807, 2.05) is 13.0 Å². The van der Waals surface area contributed by atoms with E-state index in [4.69, 9.17) is 23.7 Å². The maximum atomic E-state index is 12.2. The highest BCUT2D eigenvalue weighted by atomic mass is 16.7. The smallest absolute Gasteiger partial charge is 0.306 e. The highest BCUT2D eigenvalue weighted by Crippen LogP contribution is 2.36. The van der Waals surface area contributed by atoms with Crippen molar-refractivity contribution in [2.24, 2.45) is 5.92 Å². The van der Waals surface area contributed by atoms with Gasteiger partial charge in [-0.3, -0.25) is 4.79 Å². The van der Waals surface area contributed by atoms with Crippen LogP contribution in [0.3, 0.4) is 0 Å². The standard InChI is InChI=1S/C25H38O13/c1-11-3-4-14(27)12(2)6-16-13(7-18(28)36-16)15(5-11)37-23-21(31)20(30)19(29)17(38-23)8-34-24-22(32)25(33,9-26)10-35-24/h3,6,13-17,19-24,26-27,29-33H,4-5,7-10H2,1-2H3/b11-3+,12-6+/t13-,14+,15+,16-,17-,19-,20+,21-,22+,23-,24-,25+/m1/s1. The van der Waals surface area contributed by atoms with Crippen LogP contribution in [-0.2, 0) is 28.5 Å². The van der Waals surface area contributed by atoms with Gasteiger partial charge in [0.2, 0.25) is 0 Å². The van der Waals surface area contributed by atoms with Crippen LogP contribution in [-0.4, -0.2) is 129 Å². The molecule has 0 aromatic rings. The molecule has 0 bridgehead atoms. The molecule has 12 atom stereocenters. The molecule has 3 saturated heterocycles. The first-order valence-electron chi connectivity index (χ1n) is 12.7. The Morgan fingerprint density at radius 2 is 1.79 bits per heavy atom. The van der Waals surface area contributed by atoms with E-state index in [2.05, 4.69) is 0 Å².